The van der Waals surface area contributed by atoms with E-state index in [2.05, 4.69) is 11.2 Å². The van der Waals surface area contributed by atoms with Gasteiger partial charge in [-0.3, -0.25) is 15.4 Å². The van der Waals surface area contributed by atoms with E-state index in [1.165, 1.54) is 12.1 Å². The van der Waals surface area contributed by atoms with Crippen molar-refractivity contribution in [1.29, 1.82) is 0 Å². The summed E-state index contributed by atoms with van der Waals surface area (Å²) in [4.78, 5) is 10.2. The van der Waals surface area contributed by atoms with E-state index in [1.807, 2.05) is 6.92 Å². The van der Waals surface area contributed by atoms with Crippen LogP contribution in [0, 0.1) is 22.5 Å². The summed E-state index contributed by atoms with van der Waals surface area (Å²) in [5.41, 5.74) is 0.703. The number of halogens is 1. The average Bonchev–Trinajstić information content (AvgIpc) is 2.32. The van der Waals surface area contributed by atoms with Gasteiger partial charge in [0.1, 0.15) is 5.02 Å². The van der Waals surface area contributed by atoms with Crippen molar-refractivity contribution in [2.24, 2.45) is 0 Å². The molecule has 1 unspecified atom stereocenters. The van der Waals surface area contributed by atoms with E-state index in [4.69, 9.17) is 18.0 Å². The molecule has 90 valence electrons. The van der Waals surface area contributed by atoms with Gasteiger partial charge < -0.3 is 0 Å². The van der Waals surface area contributed by atoms with E-state index in [-0.39, 0.29) is 16.8 Å². The molecular formula is C12H13ClN2O2. The van der Waals surface area contributed by atoms with Crippen LogP contribution in [0.25, 0.3) is 0 Å². The minimum atomic E-state index is -0.496. The maximum atomic E-state index is 10.7. The van der Waals surface area contributed by atoms with Gasteiger partial charge in [0.05, 0.1) is 11.0 Å². The van der Waals surface area contributed by atoms with Gasteiger partial charge in [0, 0.05) is 12.6 Å². The lowest BCUT2D eigenvalue weighted by Crippen LogP contribution is -2.26. The Morgan fingerprint density at radius 3 is 2.88 bits per heavy atom. The highest BCUT2D eigenvalue weighted by Crippen LogP contribution is 2.24. The summed E-state index contributed by atoms with van der Waals surface area (Å²) in [6.07, 6.45) is 6.12. The zero-order valence-corrected chi connectivity index (χ0v) is 10.2. The zero-order valence-electron chi connectivity index (χ0n) is 9.44. The van der Waals surface area contributed by atoms with Crippen LogP contribution in [0.1, 0.15) is 18.9 Å². The Hall–Kier alpha value is -1.57. The number of nitro benzene ring substituents is 1. The molecule has 0 radical (unpaired) electrons. The molecule has 1 N–H and O–H groups in total. The van der Waals surface area contributed by atoms with Gasteiger partial charge in [0.15, 0.2) is 0 Å². The van der Waals surface area contributed by atoms with E-state index in [1.54, 1.807) is 6.07 Å². The van der Waals surface area contributed by atoms with Crippen LogP contribution in [0.4, 0.5) is 5.69 Å². The SMILES string of the molecule is C#CC(CC)NCc1ccc(Cl)c([N+](=O)[O-])c1. The quantitative estimate of drug-likeness (QED) is 0.498. The normalized spacial score (nSPS) is 11.8. The van der Waals surface area contributed by atoms with Crippen LogP contribution < -0.4 is 5.32 Å². The number of benzene rings is 1. The highest BCUT2D eigenvalue weighted by Gasteiger charge is 2.12. The number of hydrogen-bond acceptors (Lipinski definition) is 3. The molecule has 0 amide bonds. The number of rotatable bonds is 5. The lowest BCUT2D eigenvalue weighted by atomic mass is 10.1. The van der Waals surface area contributed by atoms with Crippen molar-refractivity contribution in [2.75, 3.05) is 0 Å². The van der Waals surface area contributed by atoms with Crippen molar-refractivity contribution in [3.05, 3.63) is 38.9 Å². The highest BCUT2D eigenvalue weighted by molar-refractivity contribution is 6.32. The molecule has 4 nitrogen and oxygen atoms in total. The zero-order chi connectivity index (χ0) is 12.8. The third-order valence-electron chi connectivity index (χ3n) is 2.37. The molecule has 0 saturated carbocycles. The summed E-state index contributed by atoms with van der Waals surface area (Å²) in [5, 5.41) is 14.0. The van der Waals surface area contributed by atoms with Crippen molar-refractivity contribution >= 4 is 17.3 Å². The lowest BCUT2D eigenvalue weighted by Gasteiger charge is -2.10. The maximum absolute atomic E-state index is 10.7. The van der Waals surface area contributed by atoms with Crippen molar-refractivity contribution in [2.45, 2.75) is 25.9 Å². The molecule has 0 aliphatic carbocycles. The Bertz CT molecular complexity index is 454. The van der Waals surface area contributed by atoms with Gasteiger partial charge in [-0.25, -0.2) is 0 Å². The van der Waals surface area contributed by atoms with E-state index < -0.39 is 4.92 Å². The third kappa shape index (κ3) is 3.74. The summed E-state index contributed by atoms with van der Waals surface area (Å²) >= 11 is 5.71. The second-order valence-corrected chi connectivity index (χ2v) is 3.96. The predicted molar refractivity (Wildman–Crippen MR) is 67.9 cm³/mol. The first kappa shape index (κ1) is 13.5. The number of terminal acetylenes is 1. The Kier molecular flexibility index (Phi) is 4.95. The molecule has 5 heteroatoms. The minimum Gasteiger partial charge on any atom is -0.300 e. The Labute approximate surface area is 105 Å². The Morgan fingerprint density at radius 2 is 2.35 bits per heavy atom. The summed E-state index contributed by atoms with van der Waals surface area (Å²) in [6.45, 7) is 2.46. The predicted octanol–water partition coefficient (Wildman–Crippen LogP) is 2.75. The molecular weight excluding hydrogens is 240 g/mol. The van der Waals surface area contributed by atoms with E-state index in [0.29, 0.717) is 6.54 Å². The fraction of sp³-hybridized carbons (Fsp3) is 0.333. The standard InChI is InChI=1S/C12H13ClN2O2/c1-3-10(4-2)14-8-9-5-6-11(13)12(7-9)15(16)17/h1,5-7,10,14H,4,8H2,2H3. The van der Waals surface area contributed by atoms with Gasteiger partial charge in [0.2, 0.25) is 0 Å². The van der Waals surface area contributed by atoms with Crippen LogP contribution in [0.15, 0.2) is 18.2 Å². The van der Waals surface area contributed by atoms with E-state index >= 15 is 0 Å². The molecule has 0 fully saturated rings. The number of nitrogens with zero attached hydrogens (tertiary/aromatic N) is 1. The summed E-state index contributed by atoms with van der Waals surface area (Å²) in [7, 11) is 0. The number of nitrogens with one attached hydrogen (secondary N) is 1. The summed E-state index contributed by atoms with van der Waals surface area (Å²) in [6, 6.07) is 4.70. The molecule has 0 aliphatic heterocycles. The summed E-state index contributed by atoms with van der Waals surface area (Å²) < 4.78 is 0. The molecule has 1 rings (SSSR count). The fourth-order valence-electron chi connectivity index (χ4n) is 1.37. The first-order valence-electron chi connectivity index (χ1n) is 5.20. The van der Waals surface area contributed by atoms with Crippen molar-refractivity contribution in [1.82, 2.24) is 5.32 Å². The molecule has 0 bridgehead atoms. The smallest absolute Gasteiger partial charge is 0.288 e. The molecule has 0 spiro atoms. The molecule has 1 aromatic rings. The van der Waals surface area contributed by atoms with Crippen molar-refractivity contribution < 1.29 is 4.92 Å². The first-order valence-corrected chi connectivity index (χ1v) is 5.58. The van der Waals surface area contributed by atoms with Crippen LogP contribution in [0.3, 0.4) is 0 Å². The Balaban J connectivity index is 2.77. The maximum Gasteiger partial charge on any atom is 0.288 e. The number of hydrogen-bond donors (Lipinski definition) is 1. The third-order valence-corrected chi connectivity index (χ3v) is 2.69. The monoisotopic (exact) mass is 252 g/mol. The van der Waals surface area contributed by atoms with Gasteiger partial charge in [0.25, 0.3) is 5.69 Å². The largest absolute Gasteiger partial charge is 0.300 e. The van der Waals surface area contributed by atoms with E-state index in [0.717, 1.165) is 12.0 Å². The van der Waals surface area contributed by atoms with Crippen molar-refractivity contribution in [3.63, 3.8) is 0 Å². The van der Waals surface area contributed by atoms with Crippen molar-refractivity contribution in [3.8, 4) is 12.3 Å². The lowest BCUT2D eigenvalue weighted by molar-refractivity contribution is -0.384. The van der Waals surface area contributed by atoms with Gasteiger partial charge >= 0.3 is 0 Å². The topological polar surface area (TPSA) is 55.2 Å². The molecule has 0 aromatic heterocycles. The van der Waals surface area contributed by atoms with Gasteiger partial charge in [-0.2, -0.15) is 0 Å². The Morgan fingerprint density at radius 1 is 1.65 bits per heavy atom. The first-order chi connectivity index (χ1) is 8.08. The molecule has 1 aromatic carbocycles. The highest BCUT2D eigenvalue weighted by atomic mass is 35.5. The van der Waals surface area contributed by atoms with Crippen LogP contribution in [-0.4, -0.2) is 11.0 Å². The van der Waals surface area contributed by atoms with Gasteiger partial charge in [-0.15, -0.1) is 6.42 Å². The fourth-order valence-corrected chi connectivity index (χ4v) is 1.56. The minimum absolute atomic E-state index is 0.0234. The van der Waals surface area contributed by atoms with Crippen LogP contribution >= 0.6 is 11.6 Å². The van der Waals surface area contributed by atoms with Crippen LogP contribution in [-0.2, 0) is 6.54 Å². The van der Waals surface area contributed by atoms with Crippen LogP contribution in [0.5, 0.6) is 0 Å². The molecule has 0 aliphatic rings. The summed E-state index contributed by atoms with van der Waals surface area (Å²) in [5.74, 6) is 2.60. The second-order valence-electron chi connectivity index (χ2n) is 3.55. The molecule has 0 saturated heterocycles. The second kappa shape index (κ2) is 6.24. The van der Waals surface area contributed by atoms with Crippen LogP contribution in [0.2, 0.25) is 5.02 Å². The van der Waals surface area contributed by atoms with Gasteiger partial charge in [-0.1, -0.05) is 30.5 Å². The molecule has 1 atom stereocenters. The van der Waals surface area contributed by atoms with E-state index in [9.17, 15) is 10.1 Å². The van der Waals surface area contributed by atoms with Gasteiger partial charge in [-0.05, 0) is 18.1 Å². The average molecular weight is 253 g/mol. The molecule has 17 heavy (non-hydrogen) atoms. The number of nitro groups is 1. The molecule has 0 heterocycles.